The van der Waals surface area contributed by atoms with Crippen LogP contribution in [-0.4, -0.2) is 59.6 Å². The molecule has 1 atom stereocenters. The van der Waals surface area contributed by atoms with Gasteiger partial charge in [0.15, 0.2) is 0 Å². The number of rotatable bonds is 5. The molecule has 0 aromatic carbocycles. The zero-order valence-electron chi connectivity index (χ0n) is 13.5. The van der Waals surface area contributed by atoms with Crippen LogP contribution in [0.1, 0.15) is 20.8 Å². The average molecular weight is 307 g/mol. The number of aromatic nitrogens is 2. The Hall–Kier alpha value is -1.89. The van der Waals surface area contributed by atoms with Gasteiger partial charge in [0.2, 0.25) is 17.7 Å². The van der Waals surface area contributed by atoms with Gasteiger partial charge in [0.25, 0.3) is 0 Å². The lowest BCUT2D eigenvalue weighted by molar-refractivity contribution is -0.133. The van der Waals surface area contributed by atoms with Gasteiger partial charge < -0.3 is 20.3 Å². The molecule has 122 valence electrons. The summed E-state index contributed by atoms with van der Waals surface area (Å²) >= 11 is 0. The van der Waals surface area contributed by atoms with Gasteiger partial charge in [-0.05, 0) is 12.8 Å². The Morgan fingerprint density at radius 3 is 2.64 bits per heavy atom. The van der Waals surface area contributed by atoms with E-state index in [0.717, 1.165) is 0 Å². The zero-order valence-corrected chi connectivity index (χ0v) is 13.5. The molecule has 2 N–H and O–H groups in total. The van der Waals surface area contributed by atoms with Gasteiger partial charge in [-0.2, -0.15) is 4.98 Å². The summed E-state index contributed by atoms with van der Waals surface area (Å²) in [5.74, 6) is 1.40. The average Bonchev–Trinajstić information content (AvgIpc) is 2.54. The van der Waals surface area contributed by atoms with Gasteiger partial charge >= 0.3 is 0 Å². The molecule has 1 saturated heterocycles. The van der Waals surface area contributed by atoms with Gasteiger partial charge in [0.05, 0.1) is 12.6 Å². The summed E-state index contributed by atoms with van der Waals surface area (Å²) in [5, 5.41) is 0. The number of hydrogen-bond acceptors (Lipinski definition) is 6. The van der Waals surface area contributed by atoms with Crippen molar-refractivity contribution in [3.05, 3.63) is 12.3 Å². The minimum Gasteiger partial charge on any atom is -0.478 e. The molecule has 1 aliphatic rings. The van der Waals surface area contributed by atoms with Crippen molar-refractivity contribution < 1.29 is 9.53 Å². The van der Waals surface area contributed by atoms with Crippen LogP contribution in [-0.2, 0) is 4.79 Å². The van der Waals surface area contributed by atoms with Gasteiger partial charge in [0.1, 0.15) is 0 Å². The van der Waals surface area contributed by atoms with Crippen LogP contribution in [0.15, 0.2) is 12.3 Å². The monoisotopic (exact) mass is 307 g/mol. The van der Waals surface area contributed by atoms with Crippen molar-refractivity contribution in [3.8, 4) is 5.88 Å². The summed E-state index contributed by atoms with van der Waals surface area (Å²) in [6.07, 6.45) is 1.69. The molecule has 0 radical (unpaired) electrons. The van der Waals surface area contributed by atoms with E-state index < -0.39 is 6.04 Å². The molecule has 0 unspecified atom stereocenters. The summed E-state index contributed by atoms with van der Waals surface area (Å²) in [4.78, 5) is 24.8. The van der Waals surface area contributed by atoms with E-state index in [1.165, 1.54) is 0 Å². The Kier molecular flexibility index (Phi) is 5.54. The number of carbonyl (C=O) groups is 1. The predicted octanol–water partition coefficient (Wildman–Crippen LogP) is 0.507. The summed E-state index contributed by atoms with van der Waals surface area (Å²) < 4.78 is 5.40. The van der Waals surface area contributed by atoms with Crippen LogP contribution >= 0.6 is 0 Å². The topological polar surface area (TPSA) is 84.6 Å². The molecule has 0 aliphatic carbocycles. The molecule has 0 bridgehead atoms. The molecular formula is C15H25N5O2. The molecule has 7 heteroatoms. The molecule has 1 aliphatic heterocycles. The molecule has 1 fully saturated rings. The third-order valence-corrected chi connectivity index (χ3v) is 3.79. The third kappa shape index (κ3) is 3.85. The van der Waals surface area contributed by atoms with E-state index in [1.807, 2.05) is 25.7 Å². The van der Waals surface area contributed by atoms with E-state index in [-0.39, 0.29) is 11.8 Å². The van der Waals surface area contributed by atoms with E-state index in [2.05, 4.69) is 14.9 Å². The molecule has 1 aromatic rings. The lowest BCUT2D eigenvalue weighted by Crippen LogP contribution is -2.54. The van der Waals surface area contributed by atoms with Crippen LogP contribution in [0.25, 0.3) is 0 Å². The van der Waals surface area contributed by atoms with E-state index in [0.29, 0.717) is 44.6 Å². The lowest BCUT2D eigenvalue weighted by Gasteiger charge is -2.36. The largest absolute Gasteiger partial charge is 0.478 e. The van der Waals surface area contributed by atoms with Crippen LogP contribution in [0.4, 0.5) is 5.95 Å². The van der Waals surface area contributed by atoms with Gasteiger partial charge in [-0.3, -0.25) is 4.79 Å². The first kappa shape index (κ1) is 16.5. The lowest BCUT2D eigenvalue weighted by atomic mass is 10.0. The molecule has 22 heavy (non-hydrogen) atoms. The first-order chi connectivity index (χ1) is 10.5. The van der Waals surface area contributed by atoms with Crippen molar-refractivity contribution in [2.45, 2.75) is 26.8 Å². The standard InChI is InChI=1S/C15H25N5O2/c1-4-22-12-5-6-17-15(18-12)20-9-7-19(8-10-20)14(21)13(16)11(2)3/h5-6,11,13H,4,7-10,16H2,1-3H3/t13-/m0/s1. The Bertz CT molecular complexity index is 500. The molecule has 7 nitrogen and oxygen atoms in total. The van der Waals surface area contributed by atoms with Crippen molar-refractivity contribution in [1.82, 2.24) is 14.9 Å². The van der Waals surface area contributed by atoms with E-state index in [9.17, 15) is 4.79 Å². The SMILES string of the molecule is CCOc1ccnc(N2CCN(C(=O)[C@@H](N)C(C)C)CC2)n1. The van der Waals surface area contributed by atoms with Crippen molar-refractivity contribution >= 4 is 11.9 Å². The van der Waals surface area contributed by atoms with Crippen molar-refractivity contribution in [2.75, 3.05) is 37.7 Å². The second-order valence-electron chi connectivity index (χ2n) is 5.71. The summed E-state index contributed by atoms with van der Waals surface area (Å²) in [6, 6.07) is 1.32. The highest BCUT2D eigenvalue weighted by molar-refractivity contribution is 5.82. The molecule has 2 heterocycles. The second-order valence-corrected chi connectivity index (χ2v) is 5.71. The third-order valence-electron chi connectivity index (χ3n) is 3.79. The van der Waals surface area contributed by atoms with Gasteiger partial charge in [-0.1, -0.05) is 13.8 Å². The van der Waals surface area contributed by atoms with Gasteiger partial charge in [-0.15, -0.1) is 0 Å². The first-order valence-corrected chi connectivity index (χ1v) is 7.78. The van der Waals surface area contributed by atoms with Crippen LogP contribution in [0, 0.1) is 5.92 Å². The Morgan fingerprint density at radius 2 is 2.05 bits per heavy atom. The van der Waals surface area contributed by atoms with E-state index in [1.54, 1.807) is 12.3 Å². The normalized spacial score (nSPS) is 16.8. The maximum absolute atomic E-state index is 12.3. The summed E-state index contributed by atoms with van der Waals surface area (Å²) in [7, 11) is 0. The van der Waals surface area contributed by atoms with Crippen molar-refractivity contribution in [2.24, 2.45) is 11.7 Å². The number of nitrogens with two attached hydrogens (primary N) is 1. The van der Waals surface area contributed by atoms with Crippen molar-refractivity contribution in [1.29, 1.82) is 0 Å². The van der Waals surface area contributed by atoms with Crippen LogP contribution in [0.2, 0.25) is 0 Å². The number of carbonyl (C=O) groups excluding carboxylic acids is 1. The number of nitrogens with zero attached hydrogens (tertiary/aromatic N) is 4. The van der Waals surface area contributed by atoms with Crippen molar-refractivity contribution in [3.63, 3.8) is 0 Å². The molecular weight excluding hydrogens is 282 g/mol. The van der Waals surface area contributed by atoms with Crippen LogP contribution < -0.4 is 15.4 Å². The minimum absolute atomic E-state index is 0.0265. The smallest absolute Gasteiger partial charge is 0.239 e. The fourth-order valence-corrected chi connectivity index (χ4v) is 2.34. The van der Waals surface area contributed by atoms with Gasteiger partial charge in [-0.25, -0.2) is 4.98 Å². The first-order valence-electron chi connectivity index (χ1n) is 7.78. The maximum atomic E-state index is 12.3. The van der Waals surface area contributed by atoms with Crippen LogP contribution in [0.3, 0.4) is 0 Å². The highest BCUT2D eigenvalue weighted by atomic mass is 16.5. The van der Waals surface area contributed by atoms with Gasteiger partial charge in [0, 0.05) is 38.4 Å². The Morgan fingerprint density at radius 1 is 1.36 bits per heavy atom. The predicted molar refractivity (Wildman–Crippen MR) is 84.8 cm³/mol. The Balaban J connectivity index is 1.94. The second kappa shape index (κ2) is 7.40. The number of ether oxygens (including phenoxy) is 1. The highest BCUT2D eigenvalue weighted by Crippen LogP contribution is 2.15. The fourth-order valence-electron chi connectivity index (χ4n) is 2.34. The summed E-state index contributed by atoms with van der Waals surface area (Å²) in [6.45, 7) is 9.11. The minimum atomic E-state index is -0.427. The molecule has 2 rings (SSSR count). The van der Waals surface area contributed by atoms with E-state index >= 15 is 0 Å². The quantitative estimate of drug-likeness (QED) is 0.853. The number of hydrogen-bond donors (Lipinski definition) is 1. The zero-order chi connectivity index (χ0) is 16.1. The fraction of sp³-hybridized carbons (Fsp3) is 0.667. The van der Waals surface area contributed by atoms with Crippen LogP contribution in [0.5, 0.6) is 5.88 Å². The molecule has 1 amide bonds. The number of piperazine rings is 1. The Labute approximate surface area is 131 Å². The number of anilines is 1. The molecule has 0 saturated carbocycles. The summed E-state index contributed by atoms with van der Waals surface area (Å²) in [5.41, 5.74) is 5.94. The highest BCUT2D eigenvalue weighted by Gasteiger charge is 2.27. The maximum Gasteiger partial charge on any atom is 0.239 e. The molecule has 0 spiro atoms. The van der Waals surface area contributed by atoms with E-state index in [4.69, 9.17) is 10.5 Å². The molecule has 1 aromatic heterocycles. The number of amides is 1.